The predicted molar refractivity (Wildman–Crippen MR) is 114 cm³/mol. The molecule has 0 atom stereocenters. The van der Waals surface area contributed by atoms with Crippen LogP contribution in [0.3, 0.4) is 0 Å². The standard InChI is InChI=1S/C22H22N4O3/c1-15-4-12-21(26-25-15)23-17-7-9-18(10-8-17)24-22(27)13-6-16-5-11-19(28-2)20(14-16)29-3/h4-14H,1-3H3,(H,23,26)(H,24,27). The third-order valence-corrected chi connectivity index (χ3v) is 4.06. The number of nitrogens with zero attached hydrogens (tertiary/aromatic N) is 2. The molecule has 3 rings (SSSR count). The number of carbonyl (C=O) groups excluding carboxylic acids is 1. The van der Waals surface area contributed by atoms with Crippen molar-refractivity contribution in [3.63, 3.8) is 0 Å². The second-order valence-electron chi connectivity index (χ2n) is 6.20. The Morgan fingerprint density at radius 1 is 0.897 bits per heavy atom. The van der Waals surface area contributed by atoms with Gasteiger partial charge in [-0.1, -0.05) is 6.07 Å². The van der Waals surface area contributed by atoms with E-state index < -0.39 is 0 Å². The van der Waals surface area contributed by atoms with E-state index in [0.29, 0.717) is 23.0 Å². The van der Waals surface area contributed by atoms with Crippen LogP contribution in [0.2, 0.25) is 0 Å². The van der Waals surface area contributed by atoms with Crippen molar-refractivity contribution in [1.82, 2.24) is 10.2 Å². The number of rotatable bonds is 7. The van der Waals surface area contributed by atoms with Gasteiger partial charge in [-0.15, -0.1) is 5.10 Å². The Morgan fingerprint density at radius 3 is 2.28 bits per heavy atom. The smallest absolute Gasteiger partial charge is 0.248 e. The molecule has 0 spiro atoms. The number of methoxy groups -OCH3 is 2. The molecule has 2 aromatic carbocycles. The van der Waals surface area contributed by atoms with Gasteiger partial charge < -0.3 is 20.1 Å². The summed E-state index contributed by atoms with van der Waals surface area (Å²) in [6.07, 6.45) is 3.18. The number of ether oxygens (including phenoxy) is 2. The molecule has 1 heterocycles. The van der Waals surface area contributed by atoms with Crippen LogP contribution in [-0.2, 0) is 4.79 Å². The normalized spacial score (nSPS) is 10.6. The highest BCUT2D eigenvalue weighted by Gasteiger charge is 2.04. The molecule has 0 bridgehead atoms. The van der Waals surface area contributed by atoms with Gasteiger partial charge in [-0.3, -0.25) is 4.79 Å². The van der Waals surface area contributed by atoms with E-state index in [2.05, 4.69) is 20.8 Å². The monoisotopic (exact) mass is 390 g/mol. The summed E-state index contributed by atoms with van der Waals surface area (Å²) >= 11 is 0. The third kappa shape index (κ3) is 5.55. The zero-order chi connectivity index (χ0) is 20.6. The van der Waals surface area contributed by atoms with Crippen LogP contribution >= 0.6 is 0 Å². The van der Waals surface area contributed by atoms with E-state index >= 15 is 0 Å². The highest BCUT2D eigenvalue weighted by atomic mass is 16.5. The van der Waals surface area contributed by atoms with Crippen LogP contribution in [0, 0.1) is 6.92 Å². The lowest BCUT2D eigenvalue weighted by Crippen LogP contribution is -2.07. The van der Waals surface area contributed by atoms with E-state index in [0.717, 1.165) is 16.9 Å². The van der Waals surface area contributed by atoms with Gasteiger partial charge in [0.05, 0.1) is 19.9 Å². The van der Waals surface area contributed by atoms with Crippen LogP contribution in [0.4, 0.5) is 17.2 Å². The molecule has 0 fully saturated rings. The molecule has 3 aromatic rings. The van der Waals surface area contributed by atoms with Gasteiger partial charge >= 0.3 is 0 Å². The van der Waals surface area contributed by atoms with Gasteiger partial charge in [-0.05, 0) is 67.1 Å². The number of anilines is 3. The molecule has 0 aliphatic rings. The van der Waals surface area contributed by atoms with Gasteiger partial charge in [0.1, 0.15) is 0 Å². The molecule has 1 amide bonds. The van der Waals surface area contributed by atoms with Gasteiger partial charge in [-0.25, -0.2) is 0 Å². The SMILES string of the molecule is COc1ccc(C=CC(=O)Nc2ccc(Nc3ccc(C)nn3)cc2)cc1OC. The molecule has 0 aliphatic heterocycles. The first-order chi connectivity index (χ1) is 14.1. The minimum absolute atomic E-state index is 0.232. The molecule has 0 unspecified atom stereocenters. The van der Waals surface area contributed by atoms with Crippen LogP contribution in [0.15, 0.2) is 60.7 Å². The Balaban J connectivity index is 1.59. The average Bonchev–Trinajstić information content (AvgIpc) is 2.75. The first-order valence-electron chi connectivity index (χ1n) is 8.96. The fraction of sp³-hybridized carbons (Fsp3) is 0.136. The maximum absolute atomic E-state index is 12.2. The minimum Gasteiger partial charge on any atom is -0.493 e. The maximum atomic E-state index is 12.2. The number of benzene rings is 2. The molecule has 7 heteroatoms. The number of aryl methyl sites for hydroxylation is 1. The van der Waals surface area contributed by atoms with E-state index in [4.69, 9.17) is 9.47 Å². The summed E-state index contributed by atoms with van der Waals surface area (Å²) in [5, 5.41) is 14.1. The number of nitrogens with one attached hydrogen (secondary N) is 2. The van der Waals surface area contributed by atoms with E-state index in [1.165, 1.54) is 6.08 Å². The number of hydrogen-bond acceptors (Lipinski definition) is 6. The Hall–Kier alpha value is -3.87. The molecule has 0 radical (unpaired) electrons. The molecular formula is C22H22N4O3. The lowest BCUT2D eigenvalue weighted by Gasteiger charge is -2.08. The highest BCUT2D eigenvalue weighted by Crippen LogP contribution is 2.28. The van der Waals surface area contributed by atoms with Crippen LogP contribution < -0.4 is 20.1 Å². The average molecular weight is 390 g/mol. The molecule has 7 nitrogen and oxygen atoms in total. The summed E-state index contributed by atoms with van der Waals surface area (Å²) in [7, 11) is 3.15. The Kier molecular flexibility index (Phi) is 6.42. The zero-order valence-electron chi connectivity index (χ0n) is 16.5. The largest absolute Gasteiger partial charge is 0.493 e. The van der Waals surface area contributed by atoms with Crippen LogP contribution in [0.1, 0.15) is 11.3 Å². The van der Waals surface area contributed by atoms with Crippen LogP contribution in [-0.4, -0.2) is 30.3 Å². The van der Waals surface area contributed by atoms with Gasteiger partial charge in [0.15, 0.2) is 17.3 Å². The first kappa shape index (κ1) is 19.9. The van der Waals surface area contributed by atoms with Crippen molar-refractivity contribution in [2.75, 3.05) is 24.9 Å². The van der Waals surface area contributed by atoms with Crippen molar-refractivity contribution >= 4 is 29.2 Å². The highest BCUT2D eigenvalue weighted by molar-refractivity contribution is 6.02. The quantitative estimate of drug-likeness (QED) is 0.588. The van der Waals surface area contributed by atoms with Crippen molar-refractivity contribution < 1.29 is 14.3 Å². The number of amides is 1. The summed E-state index contributed by atoms with van der Waals surface area (Å²) in [6.45, 7) is 1.88. The Morgan fingerprint density at radius 2 is 1.62 bits per heavy atom. The second-order valence-corrected chi connectivity index (χ2v) is 6.20. The summed E-state index contributed by atoms with van der Waals surface area (Å²) < 4.78 is 10.5. The van der Waals surface area contributed by atoms with Gasteiger partial charge in [0.2, 0.25) is 5.91 Å². The fourth-order valence-electron chi connectivity index (χ4n) is 2.56. The van der Waals surface area contributed by atoms with Gasteiger partial charge in [0.25, 0.3) is 0 Å². The number of aromatic nitrogens is 2. The molecule has 0 saturated heterocycles. The minimum atomic E-state index is -0.232. The van der Waals surface area contributed by atoms with E-state index in [9.17, 15) is 4.79 Å². The predicted octanol–water partition coefficient (Wildman–Crippen LogP) is 4.20. The lowest BCUT2D eigenvalue weighted by molar-refractivity contribution is -0.111. The van der Waals surface area contributed by atoms with Crippen molar-refractivity contribution in [3.05, 3.63) is 71.9 Å². The van der Waals surface area contributed by atoms with Crippen molar-refractivity contribution in [2.24, 2.45) is 0 Å². The Bertz CT molecular complexity index is 1000. The van der Waals surface area contributed by atoms with Crippen molar-refractivity contribution in [2.45, 2.75) is 6.92 Å². The summed E-state index contributed by atoms with van der Waals surface area (Å²) in [5.74, 6) is 1.67. The molecule has 1 aromatic heterocycles. The number of carbonyl (C=O) groups is 1. The Labute approximate surface area is 169 Å². The van der Waals surface area contributed by atoms with Crippen molar-refractivity contribution in [3.8, 4) is 11.5 Å². The first-order valence-corrected chi connectivity index (χ1v) is 8.96. The van der Waals surface area contributed by atoms with Crippen LogP contribution in [0.25, 0.3) is 6.08 Å². The molecule has 29 heavy (non-hydrogen) atoms. The van der Waals surface area contributed by atoms with E-state index in [-0.39, 0.29) is 5.91 Å². The fourth-order valence-corrected chi connectivity index (χ4v) is 2.56. The van der Waals surface area contributed by atoms with Gasteiger partial charge in [-0.2, -0.15) is 5.10 Å². The lowest BCUT2D eigenvalue weighted by atomic mass is 10.2. The molecule has 2 N–H and O–H groups in total. The molecule has 0 saturated carbocycles. The molecule has 0 aliphatic carbocycles. The zero-order valence-corrected chi connectivity index (χ0v) is 16.5. The maximum Gasteiger partial charge on any atom is 0.248 e. The topological polar surface area (TPSA) is 85.4 Å². The molecular weight excluding hydrogens is 368 g/mol. The number of hydrogen-bond donors (Lipinski definition) is 2. The summed E-state index contributed by atoms with van der Waals surface area (Å²) in [4.78, 5) is 12.2. The summed E-state index contributed by atoms with van der Waals surface area (Å²) in [6, 6.07) is 16.5. The third-order valence-electron chi connectivity index (χ3n) is 4.06. The van der Waals surface area contributed by atoms with E-state index in [1.54, 1.807) is 32.4 Å². The van der Waals surface area contributed by atoms with E-state index in [1.807, 2.05) is 49.4 Å². The summed E-state index contributed by atoms with van der Waals surface area (Å²) in [5.41, 5.74) is 3.22. The second kappa shape index (κ2) is 9.36. The molecule has 148 valence electrons. The van der Waals surface area contributed by atoms with Crippen molar-refractivity contribution in [1.29, 1.82) is 0 Å². The van der Waals surface area contributed by atoms with Gasteiger partial charge in [0, 0.05) is 17.5 Å². The van der Waals surface area contributed by atoms with Crippen LogP contribution in [0.5, 0.6) is 11.5 Å².